The molecule has 0 saturated carbocycles. The van der Waals surface area contributed by atoms with Gasteiger partial charge in [-0.2, -0.15) is 0 Å². The van der Waals surface area contributed by atoms with E-state index in [0.29, 0.717) is 0 Å². The first-order valence-corrected chi connectivity index (χ1v) is 6.05. The van der Waals surface area contributed by atoms with E-state index in [2.05, 4.69) is 26.5 Å². The molecule has 1 aromatic carbocycles. The Labute approximate surface area is 105 Å². The van der Waals surface area contributed by atoms with E-state index in [4.69, 9.17) is 4.74 Å². The van der Waals surface area contributed by atoms with E-state index >= 15 is 0 Å². The summed E-state index contributed by atoms with van der Waals surface area (Å²) in [4.78, 5) is 2.35. The van der Waals surface area contributed by atoms with Crippen molar-refractivity contribution in [2.24, 2.45) is 0 Å². The van der Waals surface area contributed by atoms with Crippen molar-refractivity contribution in [1.29, 1.82) is 0 Å². The maximum Gasteiger partial charge on any atom is 0.144 e. The third-order valence-electron chi connectivity index (χ3n) is 3.22. The summed E-state index contributed by atoms with van der Waals surface area (Å²) in [5.74, 6) is 0.866. The van der Waals surface area contributed by atoms with Gasteiger partial charge in [0.05, 0.1) is 18.5 Å². The number of anilines is 1. The summed E-state index contributed by atoms with van der Waals surface area (Å²) < 4.78 is 7.09. The van der Waals surface area contributed by atoms with Crippen LogP contribution in [-0.2, 0) is 0 Å². The zero-order valence-corrected chi connectivity index (χ0v) is 10.3. The number of nitrogens with zero attached hydrogens (tertiary/aromatic N) is 5. The molecule has 6 heteroatoms. The fourth-order valence-corrected chi connectivity index (χ4v) is 2.31. The van der Waals surface area contributed by atoms with Gasteiger partial charge in [-0.25, -0.2) is 4.68 Å². The lowest BCUT2D eigenvalue weighted by Crippen LogP contribution is -2.18. The van der Waals surface area contributed by atoms with Gasteiger partial charge in [0.2, 0.25) is 0 Å². The molecule has 0 radical (unpaired) electrons. The van der Waals surface area contributed by atoms with Crippen LogP contribution in [0.1, 0.15) is 12.8 Å². The van der Waals surface area contributed by atoms with Gasteiger partial charge < -0.3 is 9.64 Å². The summed E-state index contributed by atoms with van der Waals surface area (Å²) in [5.41, 5.74) is 2.05. The molecule has 6 nitrogen and oxygen atoms in total. The number of methoxy groups -OCH3 is 1. The fraction of sp³-hybridized carbons (Fsp3) is 0.417. The van der Waals surface area contributed by atoms with Crippen molar-refractivity contribution in [3.63, 3.8) is 0 Å². The molecule has 94 valence electrons. The van der Waals surface area contributed by atoms with E-state index in [1.807, 2.05) is 12.1 Å². The Morgan fingerprint density at radius 3 is 2.72 bits per heavy atom. The molecule has 2 heterocycles. The van der Waals surface area contributed by atoms with E-state index in [1.54, 1.807) is 18.1 Å². The number of ether oxygens (including phenoxy) is 1. The molecule has 0 amide bonds. The van der Waals surface area contributed by atoms with E-state index < -0.39 is 0 Å². The van der Waals surface area contributed by atoms with Gasteiger partial charge in [-0.15, -0.1) is 5.10 Å². The van der Waals surface area contributed by atoms with E-state index in [9.17, 15) is 0 Å². The van der Waals surface area contributed by atoms with Gasteiger partial charge >= 0.3 is 0 Å². The van der Waals surface area contributed by atoms with Crippen LogP contribution in [0.25, 0.3) is 5.69 Å². The summed E-state index contributed by atoms with van der Waals surface area (Å²) in [6.07, 6.45) is 4.07. The van der Waals surface area contributed by atoms with Crippen molar-refractivity contribution in [1.82, 2.24) is 20.2 Å². The highest BCUT2D eigenvalue weighted by atomic mass is 16.5. The van der Waals surface area contributed by atoms with E-state index in [1.165, 1.54) is 12.8 Å². The molecule has 0 spiro atoms. The lowest BCUT2D eigenvalue weighted by Gasteiger charge is -2.20. The standard InChI is InChI=1S/C12H15N5O/c1-18-12-8-10(17-9-13-14-15-17)4-5-11(12)16-6-2-3-7-16/h4-5,8-9H,2-3,6-7H2,1H3. The molecular formula is C12H15N5O. The smallest absolute Gasteiger partial charge is 0.144 e. The topological polar surface area (TPSA) is 56.1 Å². The maximum atomic E-state index is 5.47. The average Bonchev–Trinajstić information content (AvgIpc) is 3.11. The maximum absolute atomic E-state index is 5.47. The minimum Gasteiger partial charge on any atom is -0.495 e. The Kier molecular flexibility index (Phi) is 2.84. The number of hydrogen-bond donors (Lipinski definition) is 0. The fourth-order valence-electron chi connectivity index (χ4n) is 2.31. The minimum atomic E-state index is 0.866. The van der Waals surface area contributed by atoms with Crippen molar-refractivity contribution in [3.05, 3.63) is 24.5 Å². The van der Waals surface area contributed by atoms with Gasteiger partial charge in [0.1, 0.15) is 12.1 Å². The van der Waals surface area contributed by atoms with E-state index in [0.717, 1.165) is 30.2 Å². The Morgan fingerprint density at radius 1 is 1.22 bits per heavy atom. The Hall–Kier alpha value is -2.11. The van der Waals surface area contributed by atoms with Crippen LogP contribution in [0, 0.1) is 0 Å². The molecule has 1 aliphatic heterocycles. The van der Waals surface area contributed by atoms with Crippen molar-refractivity contribution in [2.75, 3.05) is 25.1 Å². The summed E-state index contributed by atoms with van der Waals surface area (Å²) in [6, 6.07) is 6.04. The highest BCUT2D eigenvalue weighted by molar-refractivity contribution is 5.62. The lowest BCUT2D eigenvalue weighted by atomic mass is 10.2. The first-order valence-electron chi connectivity index (χ1n) is 6.05. The van der Waals surface area contributed by atoms with Gasteiger partial charge in [0.25, 0.3) is 0 Å². The third kappa shape index (κ3) is 1.90. The SMILES string of the molecule is COc1cc(-n2cnnn2)ccc1N1CCCC1. The number of rotatable bonds is 3. The molecule has 0 bridgehead atoms. The Balaban J connectivity index is 1.97. The first kappa shape index (κ1) is 11.0. The second-order valence-electron chi connectivity index (χ2n) is 4.30. The molecule has 18 heavy (non-hydrogen) atoms. The molecule has 2 aromatic rings. The first-order chi connectivity index (χ1) is 8.88. The van der Waals surface area contributed by atoms with Gasteiger partial charge in [0, 0.05) is 19.2 Å². The summed E-state index contributed by atoms with van der Waals surface area (Å²) in [6.45, 7) is 2.20. The second-order valence-corrected chi connectivity index (χ2v) is 4.30. The van der Waals surface area contributed by atoms with Crippen molar-refractivity contribution < 1.29 is 4.74 Å². The lowest BCUT2D eigenvalue weighted by molar-refractivity contribution is 0.414. The molecule has 1 fully saturated rings. The summed E-state index contributed by atoms with van der Waals surface area (Å²) in [5, 5.41) is 11.1. The normalized spacial score (nSPS) is 15.1. The van der Waals surface area contributed by atoms with Gasteiger partial charge in [0.15, 0.2) is 0 Å². The molecule has 1 aromatic heterocycles. The molecule has 1 saturated heterocycles. The zero-order chi connectivity index (χ0) is 12.4. The van der Waals surface area contributed by atoms with Crippen LogP contribution in [0.5, 0.6) is 5.75 Å². The summed E-state index contributed by atoms with van der Waals surface area (Å²) >= 11 is 0. The van der Waals surface area contributed by atoms with Crippen LogP contribution >= 0.6 is 0 Å². The van der Waals surface area contributed by atoms with Gasteiger partial charge in [-0.3, -0.25) is 0 Å². The Morgan fingerprint density at radius 2 is 2.06 bits per heavy atom. The van der Waals surface area contributed by atoms with Crippen LogP contribution in [0.3, 0.4) is 0 Å². The zero-order valence-electron chi connectivity index (χ0n) is 10.3. The van der Waals surface area contributed by atoms with Crippen LogP contribution in [-0.4, -0.2) is 40.4 Å². The van der Waals surface area contributed by atoms with Gasteiger partial charge in [-0.05, 0) is 35.4 Å². The molecule has 3 rings (SSSR count). The van der Waals surface area contributed by atoms with Crippen LogP contribution in [0.2, 0.25) is 0 Å². The number of tetrazole rings is 1. The number of aromatic nitrogens is 4. The van der Waals surface area contributed by atoms with E-state index in [-0.39, 0.29) is 0 Å². The van der Waals surface area contributed by atoms with Crippen LogP contribution in [0.4, 0.5) is 5.69 Å². The van der Waals surface area contributed by atoms with Crippen molar-refractivity contribution in [3.8, 4) is 11.4 Å². The molecule has 1 aliphatic rings. The second kappa shape index (κ2) is 4.64. The average molecular weight is 245 g/mol. The summed E-state index contributed by atoms with van der Waals surface area (Å²) in [7, 11) is 1.69. The predicted octanol–water partition coefficient (Wildman–Crippen LogP) is 1.27. The van der Waals surface area contributed by atoms with Crippen LogP contribution < -0.4 is 9.64 Å². The predicted molar refractivity (Wildman–Crippen MR) is 67.2 cm³/mol. The van der Waals surface area contributed by atoms with Crippen molar-refractivity contribution >= 4 is 5.69 Å². The van der Waals surface area contributed by atoms with Crippen molar-refractivity contribution in [2.45, 2.75) is 12.8 Å². The monoisotopic (exact) mass is 245 g/mol. The van der Waals surface area contributed by atoms with Crippen LogP contribution in [0.15, 0.2) is 24.5 Å². The largest absolute Gasteiger partial charge is 0.495 e. The molecule has 0 aliphatic carbocycles. The highest BCUT2D eigenvalue weighted by Gasteiger charge is 2.17. The molecular weight excluding hydrogens is 230 g/mol. The number of hydrogen-bond acceptors (Lipinski definition) is 5. The molecule has 0 atom stereocenters. The highest BCUT2D eigenvalue weighted by Crippen LogP contribution is 2.32. The quantitative estimate of drug-likeness (QED) is 0.815. The molecule has 0 N–H and O–H groups in total. The molecule has 0 unspecified atom stereocenters. The van der Waals surface area contributed by atoms with Gasteiger partial charge in [-0.1, -0.05) is 0 Å². The minimum absolute atomic E-state index is 0.866. The Bertz CT molecular complexity index is 519. The third-order valence-corrected chi connectivity index (χ3v) is 3.22. The number of benzene rings is 1.